The number of phosphoric ester groups is 1. The smallest absolute Gasteiger partial charge is 0.306 e. The quantitative estimate of drug-likeness (QED) is 0.0195. The number of carbonyl (C=O) groups excluding carboxylic acids is 2. The molecule has 77 heavy (non-hydrogen) atoms. The Morgan fingerprint density at radius 1 is 0.390 bits per heavy atom. The van der Waals surface area contributed by atoms with Crippen LogP contribution in [-0.2, 0) is 32.7 Å². The molecule has 0 aliphatic rings. The second-order valence-electron chi connectivity index (χ2n) is 24.6. The zero-order valence-corrected chi connectivity index (χ0v) is 53.1. The summed E-state index contributed by atoms with van der Waals surface area (Å²) < 4.78 is 34.2. The van der Waals surface area contributed by atoms with Gasteiger partial charge in [-0.15, -0.1) is 0 Å². The maximum atomic E-state index is 12.8. The van der Waals surface area contributed by atoms with Crippen LogP contribution in [0, 0.1) is 0 Å². The van der Waals surface area contributed by atoms with Crippen molar-refractivity contribution >= 4 is 19.8 Å². The van der Waals surface area contributed by atoms with Gasteiger partial charge in [0.1, 0.15) is 19.8 Å². The molecule has 0 aromatic carbocycles. The molecule has 0 N–H and O–H groups in total. The number of unbranched alkanes of at least 4 members (excludes halogenated alkanes) is 48. The third-order valence-corrected chi connectivity index (χ3v) is 16.5. The number of phosphoric acid groups is 1. The minimum atomic E-state index is -4.63. The van der Waals surface area contributed by atoms with Crippen LogP contribution in [0.5, 0.6) is 0 Å². The number of hydrogen-bond acceptors (Lipinski definition) is 8. The Morgan fingerprint density at radius 3 is 0.961 bits per heavy atom. The highest BCUT2D eigenvalue weighted by Gasteiger charge is 2.22. The Bertz CT molecular complexity index is 1300. The van der Waals surface area contributed by atoms with Crippen LogP contribution in [0.1, 0.15) is 354 Å². The number of quaternary nitrogens is 1. The second kappa shape index (κ2) is 59.4. The fourth-order valence-corrected chi connectivity index (χ4v) is 11.0. The first-order chi connectivity index (χ1) is 37.5. The molecule has 0 fully saturated rings. The Kier molecular flexibility index (Phi) is 58.4. The van der Waals surface area contributed by atoms with Gasteiger partial charge >= 0.3 is 11.9 Å². The zero-order valence-electron chi connectivity index (χ0n) is 52.2. The van der Waals surface area contributed by atoms with Crippen LogP contribution >= 0.6 is 7.82 Å². The Labute approximate surface area is 479 Å². The minimum Gasteiger partial charge on any atom is -0.756 e. The Hall–Kier alpha value is -1.25. The maximum Gasteiger partial charge on any atom is 0.306 e. The molecule has 0 aliphatic heterocycles. The van der Waals surface area contributed by atoms with E-state index in [4.69, 9.17) is 18.5 Å². The highest BCUT2D eigenvalue weighted by atomic mass is 31.2. The number of carbonyl (C=O) groups is 2. The monoisotopic (exact) mass is 1110 g/mol. The standard InChI is InChI=1S/C67H132NO8P/c1-6-8-10-12-14-16-18-20-22-24-25-26-27-28-29-30-31-32-33-34-35-36-37-38-39-40-41-42-43-44-46-48-50-52-54-56-58-60-67(70)76-65(64-75-77(71,72)74-62-61-68(3,4)5)63-73-66(69)59-57-55-53-51-49-47-45-23-21-19-17-15-13-11-9-7-2/h24-25,65H,6-23,26-64H2,1-5H3/b25-24-. The lowest BCUT2D eigenvalue weighted by atomic mass is 10.0. The van der Waals surface area contributed by atoms with Gasteiger partial charge in [0, 0.05) is 12.8 Å². The summed E-state index contributed by atoms with van der Waals surface area (Å²) >= 11 is 0. The molecule has 9 nitrogen and oxygen atoms in total. The van der Waals surface area contributed by atoms with Gasteiger partial charge < -0.3 is 27.9 Å². The lowest BCUT2D eigenvalue weighted by Crippen LogP contribution is -2.37. The van der Waals surface area contributed by atoms with Crippen molar-refractivity contribution in [1.29, 1.82) is 0 Å². The molecule has 0 saturated carbocycles. The van der Waals surface area contributed by atoms with Gasteiger partial charge in [-0.1, -0.05) is 315 Å². The zero-order chi connectivity index (χ0) is 56.3. The Balaban J connectivity index is 3.89. The maximum absolute atomic E-state index is 12.8. The molecule has 2 unspecified atom stereocenters. The largest absolute Gasteiger partial charge is 0.756 e. The van der Waals surface area contributed by atoms with Crippen molar-refractivity contribution in [2.75, 3.05) is 47.5 Å². The molecular formula is C67H132NO8P. The van der Waals surface area contributed by atoms with Crippen LogP contribution in [0.3, 0.4) is 0 Å². The predicted octanol–water partition coefficient (Wildman–Crippen LogP) is 20.9. The molecule has 0 bridgehead atoms. The molecule has 0 aromatic rings. The van der Waals surface area contributed by atoms with Gasteiger partial charge in [-0.25, -0.2) is 0 Å². The molecule has 10 heteroatoms. The van der Waals surface area contributed by atoms with Crippen molar-refractivity contribution in [3.63, 3.8) is 0 Å². The summed E-state index contributed by atoms with van der Waals surface area (Å²) in [6, 6.07) is 0. The molecule has 0 spiro atoms. The van der Waals surface area contributed by atoms with E-state index in [0.29, 0.717) is 17.4 Å². The van der Waals surface area contributed by atoms with Gasteiger partial charge in [0.2, 0.25) is 0 Å². The van der Waals surface area contributed by atoms with E-state index in [1.54, 1.807) is 0 Å². The summed E-state index contributed by atoms with van der Waals surface area (Å²) in [5.74, 6) is -0.809. The van der Waals surface area contributed by atoms with Gasteiger partial charge in [0.25, 0.3) is 7.82 Å². The molecule has 2 atom stereocenters. The molecule has 0 aliphatic carbocycles. The lowest BCUT2D eigenvalue weighted by Gasteiger charge is -2.28. The first kappa shape index (κ1) is 75.8. The van der Waals surface area contributed by atoms with Crippen molar-refractivity contribution in [3.05, 3.63) is 12.2 Å². The molecule has 0 saturated heterocycles. The second-order valence-corrected chi connectivity index (χ2v) is 26.0. The molecule has 0 rings (SSSR count). The molecular weight excluding hydrogens is 978 g/mol. The SMILES string of the molecule is CCCCCCCCCC/C=C\CCCCCCCCCCCCCCCCCCCCCCCCCCCC(=O)OC(COC(=O)CCCCCCCCCCCCCCCCCC)COP(=O)([O-])OCC[N+](C)(C)C. The van der Waals surface area contributed by atoms with Crippen LogP contribution in [0.25, 0.3) is 0 Å². The predicted molar refractivity (Wildman–Crippen MR) is 328 cm³/mol. The van der Waals surface area contributed by atoms with E-state index in [0.717, 1.165) is 32.1 Å². The molecule has 0 amide bonds. The fourth-order valence-electron chi connectivity index (χ4n) is 10.3. The number of ether oxygens (including phenoxy) is 2. The number of nitrogens with zero attached hydrogens (tertiary/aromatic N) is 1. The van der Waals surface area contributed by atoms with E-state index in [-0.39, 0.29) is 32.0 Å². The molecule has 0 aromatic heterocycles. The van der Waals surface area contributed by atoms with Crippen molar-refractivity contribution in [2.45, 2.75) is 360 Å². The van der Waals surface area contributed by atoms with Crippen molar-refractivity contribution in [2.24, 2.45) is 0 Å². The van der Waals surface area contributed by atoms with E-state index in [1.807, 2.05) is 21.1 Å². The van der Waals surface area contributed by atoms with Gasteiger partial charge in [0.15, 0.2) is 6.10 Å². The molecule has 0 radical (unpaired) electrons. The average Bonchev–Trinajstić information content (AvgIpc) is 3.39. The molecule has 458 valence electrons. The fraction of sp³-hybridized carbons (Fsp3) is 0.940. The van der Waals surface area contributed by atoms with Gasteiger partial charge in [0.05, 0.1) is 27.7 Å². The van der Waals surface area contributed by atoms with Gasteiger partial charge in [-0.05, 0) is 38.5 Å². The third kappa shape index (κ3) is 63.8. The van der Waals surface area contributed by atoms with Crippen LogP contribution in [0.4, 0.5) is 0 Å². The summed E-state index contributed by atoms with van der Waals surface area (Å²) in [4.78, 5) is 37.9. The van der Waals surface area contributed by atoms with Crippen LogP contribution in [0.15, 0.2) is 12.2 Å². The third-order valence-electron chi connectivity index (χ3n) is 15.5. The summed E-state index contributed by atoms with van der Waals surface area (Å²) in [5.41, 5.74) is 0. The first-order valence-corrected chi connectivity index (χ1v) is 35.4. The van der Waals surface area contributed by atoms with Crippen LogP contribution < -0.4 is 4.89 Å². The van der Waals surface area contributed by atoms with Crippen molar-refractivity contribution < 1.29 is 42.1 Å². The summed E-state index contributed by atoms with van der Waals surface area (Å²) in [7, 11) is 1.19. The topological polar surface area (TPSA) is 111 Å². The highest BCUT2D eigenvalue weighted by Crippen LogP contribution is 2.38. The minimum absolute atomic E-state index is 0.0258. The van der Waals surface area contributed by atoms with Crippen molar-refractivity contribution in [1.82, 2.24) is 0 Å². The van der Waals surface area contributed by atoms with E-state index < -0.39 is 26.5 Å². The summed E-state index contributed by atoms with van der Waals surface area (Å²) in [6.45, 7) is 4.31. The first-order valence-electron chi connectivity index (χ1n) is 33.9. The normalized spacial score (nSPS) is 13.2. The highest BCUT2D eigenvalue weighted by molar-refractivity contribution is 7.45. The van der Waals surface area contributed by atoms with Crippen LogP contribution in [0.2, 0.25) is 0 Å². The number of rotatable bonds is 64. The summed E-state index contributed by atoms with van der Waals surface area (Å²) in [6.07, 6.45) is 71.6. The van der Waals surface area contributed by atoms with E-state index in [9.17, 15) is 19.0 Å². The van der Waals surface area contributed by atoms with Crippen molar-refractivity contribution in [3.8, 4) is 0 Å². The average molecular weight is 1110 g/mol. The number of allylic oxidation sites excluding steroid dienone is 2. The number of hydrogen-bond donors (Lipinski definition) is 0. The lowest BCUT2D eigenvalue weighted by molar-refractivity contribution is -0.870. The van der Waals surface area contributed by atoms with Gasteiger partial charge in [-0.3, -0.25) is 14.2 Å². The van der Waals surface area contributed by atoms with Crippen LogP contribution in [-0.4, -0.2) is 70.0 Å². The van der Waals surface area contributed by atoms with E-state index in [2.05, 4.69) is 26.0 Å². The van der Waals surface area contributed by atoms with Gasteiger partial charge in [-0.2, -0.15) is 0 Å². The molecule has 0 heterocycles. The summed E-state index contributed by atoms with van der Waals surface area (Å²) in [5, 5.41) is 0. The Morgan fingerprint density at radius 2 is 0.662 bits per heavy atom. The number of esters is 2. The van der Waals surface area contributed by atoms with E-state index in [1.165, 1.54) is 289 Å². The van der Waals surface area contributed by atoms with E-state index >= 15 is 0 Å². The number of likely N-dealkylation sites (N-methyl/N-ethyl adjacent to an activating group) is 1.